The van der Waals surface area contributed by atoms with Gasteiger partial charge >= 0.3 is 0 Å². The van der Waals surface area contributed by atoms with Crippen LogP contribution in [0.2, 0.25) is 5.02 Å². The van der Waals surface area contributed by atoms with E-state index in [1.165, 1.54) is 11.3 Å². The number of hydrogen-bond acceptors (Lipinski definition) is 4. The number of rotatable bonds is 3. The van der Waals surface area contributed by atoms with Crippen molar-refractivity contribution in [1.82, 2.24) is 4.98 Å². The molecule has 0 aliphatic rings. The second-order valence-electron chi connectivity index (χ2n) is 3.51. The van der Waals surface area contributed by atoms with Crippen molar-refractivity contribution < 1.29 is 9.84 Å². The normalized spacial score (nSPS) is 10.6. The second kappa shape index (κ2) is 5.04. The highest BCUT2D eigenvalue weighted by Gasteiger charge is 2.12. The fraction of sp³-hybridized carbons (Fsp3) is 0.250. The predicted octanol–water partition coefficient (Wildman–Crippen LogP) is 3.27. The molecule has 1 aromatic heterocycles. The second-order valence-corrected chi connectivity index (χ2v) is 5.21. The SMILES string of the molecule is COc1ccc(-c2nc(C)sc2CO)cc1Cl. The minimum absolute atomic E-state index is 0.00944. The maximum Gasteiger partial charge on any atom is 0.137 e. The highest BCUT2D eigenvalue weighted by atomic mass is 35.5. The first kappa shape index (κ1) is 12.4. The number of methoxy groups -OCH3 is 1. The van der Waals surface area contributed by atoms with Crippen LogP contribution in [-0.2, 0) is 6.61 Å². The van der Waals surface area contributed by atoms with E-state index in [4.69, 9.17) is 16.3 Å². The minimum atomic E-state index is -0.00944. The van der Waals surface area contributed by atoms with E-state index in [0.717, 1.165) is 21.1 Å². The maximum atomic E-state index is 9.28. The Labute approximate surface area is 109 Å². The van der Waals surface area contributed by atoms with Crippen molar-refractivity contribution in [2.24, 2.45) is 0 Å². The van der Waals surface area contributed by atoms with Crippen LogP contribution in [0.15, 0.2) is 18.2 Å². The van der Waals surface area contributed by atoms with E-state index >= 15 is 0 Å². The van der Waals surface area contributed by atoms with Gasteiger partial charge in [-0.1, -0.05) is 11.6 Å². The Morgan fingerprint density at radius 2 is 2.24 bits per heavy atom. The largest absolute Gasteiger partial charge is 0.495 e. The minimum Gasteiger partial charge on any atom is -0.495 e. The number of ether oxygens (including phenoxy) is 1. The van der Waals surface area contributed by atoms with Gasteiger partial charge in [0.05, 0.1) is 34.3 Å². The number of nitrogens with zero attached hydrogens (tertiary/aromatic N) is 1. The van der Waals surface area contributed by atoms with Crippen LogP contribution in [0.3, 0.4) is 0 Å². The summed E-state index contributed by atoms with van der Waals surface area (Å²) < 4.78 is 5.10. The molecule has 0 saturated carbocycles. The summed E-state index contributed by atoms with van der Waals surface area (Å²) in [7, 11) is 1.58. The zero-order valence-electron chi connectivity index (χ0n) is 9.53. The van der Waals surface area contributed by atoms with E-state index < -0.39 is 0 Å². The van der Waals surface area contributed by atoms with Crippen molar-refractivity contribution in [2.75, 3.05) is 7.11 Å². The van der Waals surface area contributed by atoms with Gasteiger partial charge in [-0.15, -0.1) is 11.3 Å². The summed E-state index contributed by atoms with van der Waals surface area (Å²) >= 11 is 7.56. The van der Waals surface area contributed by atoms with E-state index in [1.807, 2.05) is 13.0 Å². The number of aliphatic hydroxyl groups excluding tert-OH is 1. The fourth-order valence-electron chi connectivity index (χ4n) is 1.62. The molecule has 0 radical (unpaired) electrons. The van der Waals surface area contributed by atoms with Crippen LogP contribution >= 0.6 is 22.9 Å². The van der Waals surface area contributed by atoms with Crippen molar-refractivity contribution >= 4 is 22.9 Å². The van der Waals surface area contributed by atoms with Crippen LogP contribution in [0.25, 0.3) is 11.3 Å². The smallest absolute Gasteiger partial charge is 0.137 e. The molecule has 17 heavy (non-hydrogen) atoms. The first-order chi connectivity index (χ1) is 8.15. The maximum absolute atomic E-state index is 9.28. The molecule has 0 atom stereocenters. The molecule has 0 bridgehead atoms. The average molecular weight is 270 g/mol. The molecule has 1 heterocycles. The molecule has 0 spiro atoms. The van der Waals surface area contributed by atoms with Gasteiger partial charge in [-0.3, -0.25) is 0 Å². The van der Waals surface area contributed by atoms with Crippen LogP contribution in [0.1, 0.15) is 9.88 Å². The quantitative estimate of drug-likeness (QED) is 0.930. The lowest BCUT2D eigenvalue weighted by Crippen LogP contribution is -1.88. The number of hydrogen-bond donors (Lipinski definition) is 1. The molecule has 0 aliphatic heterocycles. The molecule has 1 aromatic carbocycles. The topological polar surface area (TPSA) is 42.4 Å². The Balaban J connectivity index is 2.49. The fourth-order valence-corrected chi connectivity index (χ4v) is 2.69. The summed E-state index contributed by atoms with van der Waals surface area (Å²) in [6.07, 6.45) is 0. The number of halogens is 1. The van der Waals surface area contributed by atoms with Gasteiger partial charge in [-0.05, 0) is 25.1 Å². The number of aromatic nitrogens is 1. The molecule has 3 nitrogen and oxygen atoms in total. The zero-order valence-corrected chi connectivity index (χ0v) is 11.1. The Kier molecular flexibility index (Phi) is 3.66. The summed E-state index contributed by atoms with van der Waals surface area (Å²) in [5.74, 6) is 0.632. The number of aryl methyl sites for hydroxylation is 1. The summed E-state index contributed by atoms with van der Waals surface area (Å²) in [6.45, 7) is 1.91. The van der Waals surface area contributed by atoms with Gasteiger partial charge in [-0.25, -0.2) is 4.98 Å². The molecule has 0 saturated heterocycles. The van der Waals surface area contributed by atoms with Gasteiger partial charge in [-0.2, -0.15) is 0 Å². The summed E-state index contributed by atoms with van der Waals surface area (Å²) in [5, 5.41) is 10.7. The average Bonchev–Trinajstić information content (AvgIpc) is 2.70. The summed E-state index contributed by atoms with van der Waals surface area (Å²) in [6, 6.07) is 5.49. The molecule has 0 unspecified atom stereocenters. The molecule has 0 amide bonds. The van der Waals surface area contributed by atoms with Crippen LogP contribution in [-0.4, -0.2) is 17.2 Å². The Morgan fingerprint density at radius 1 is 1.47 bits per heavy atom. The van der Waals surface area contributed by atoms with Crippen LogP contribution < -0.4 is 4.74 Å². The van der Waals surface area contributed by atoms with Crippen molar-refractivity contribution in [1.29, 1.82) is 0 Å². The van der Waals surface area contributed by atoms with E-state index in [9.17, 15) is 5.11 Å². The molecule has 0 fully saturated rings. The highest BCUT2D eigenvalue weighted by molar-refractivity contribution is 7.12. The van der Waals surface area contributed by atoms with Gasteiger partial charge in [0.15, 0.2) is 0 Å². The third-order valence-corrected chi connectivity index (χ3v) is 3.62. The van der Waals surface area contributed by atoms with E-state index in [1.54, 1.807) is 19.2 Å². The van der Waals surface area contributed by atoms with Crippen LogP contribution in [0.4, 0.5) is 0 Å². The molecule has 1 N–H and O–H groups in total. The Bertz CT molecular complexity index is 539. The number of thiazole rings is 1. The predicted molar refractivity (Wildman–Crippen MR) is 69.8 cm³/mol. The molecule has 5 heteroatoms. The van der Waals surface area contributed by atoms with Gasteiger partial charge in [0.1, 0.15) is 5.75 Å². The number of benzene rings is 1. The first-order valence-electron chi connectivity index (χ1n) is 5.06. The van der Waals surface area contributed by atoms with E-state index in [-0.39, 0.29) is 6.61 Å². The van der Waals surface area contributed by atoms with Crippen molar-refractivity contribution in [3.8, 4) is 17.0 Å². The third kappa shape index (κ3) is 2.44. The van der Waals surface area contributed by atoms with Crippen LogP contribution in [0.5, 0.6) is 5.75 Å². The van der Waals surface area contributed by atoms with Gasteiger partial charge < -0.3 is 9.84 Å². The lowest BCUT2D eigenvalue weighted by molar-refractivity contribution is 0.286. The van der Waals surface area contributed by atoms with Crippen LogP contribution in [0, 0.1) is 6.92 Å². The third-order valence-electron chi connectivity index (χ3n) is 2.37. The molecule has 2 rings (SSSR count). The Hall–Kier alpha value is -1.10. The zero-order chi connectivity index (χ0) is 12.4. The first-order valence-corrected chi connectivity index (χ1v) is 6.26. The summed E-state index contributed by atoms with van der Waals surface area (Å²) in [4.78, 5) is 5.26. The molecular formula is C12H12ClNO2S. The van der Waals surface area contributed by atoms with Crippen molar-refractivity contribution in [3.05, 3.63) is 33.1 Å². The molecular weight excluding hydrogens is 258 g/mol. The standard InChI is InChI=1S/C12H12ClNO2S/c1-7-14-12(11(6-15)17-7)8-3-4-10(16-2)9(13)5-8/h3-5,15H,6H2,1-2H3. The Morgan fingerprint density at radius 3 is 2.82 bits per heavy atom. The van der Waals surface area contributed by atoms with Gasteiger partial charge in [0.25, 0.3) is 0 Å². The van der Waals surface area contributed by atoms with Gasteiger partial charge in [0.2, 0.25) is 0 Å². The lowest BCUT2D eigenvalue weighted by Gasteiger charge is -2.05. The monoisotopic (exact) mass is 269 g/mol. The lowest BCUT2D eigenvalue weighted by atomic mass is 10.1. The molecule has 0 aliphatic carbocycles. The van der Waals surface area contributed by atoms with E-state index in [0.29, 0.717) is 10.8 Å². The summed E-state index contributed by atoms with van der Waals surface area (Å²) in [5.41, 5.74) is 1.68. The van der Waals surface area contributed by atoms with E-state index in [2.05, 4.69) is 4.98 Å². The van der Waals surface area contributed by atoms with Gasteiger partial charge in [0, 0.05) is 5.56 Å². The van der Waals surface area contributed by atoms with Crippen molar-refractivity contribution in [2.45, 2.75) is 13.5 Å². The highest BCUT2D eigenvalue weighted by Crippen LogP contribution is 2.33. The molecule has 90 valence electrons. The van der Waals surface area contributed by atoms with Crippen molar-refractivity contribution in [3.63, 3.8) is 0 Å². The molecule has 2 aromatic rings. The number of aliphatic hydroxyl groups is 1.